The maximum absolute atomic E-state index is 12.3. The van der Waals surface area contributed by atoms with Crippen LogP contribution in [0, 0.1) is 0 Å². The summed E-state index contributed by atoms with van der Waals surface area (Å²) in [5.74, 6) is -0.0117. The molecule has 128 valence electrons. The number of amides is 1. The van der Waals surface area contributed by atoms with Gasteiger partial charge in [-0.15, -0.1) is 0 Å². The van der Waals surface area contributed by atoms with Gasteiger partial charge in [-0.3, -0.25) is 9.59 Å². The number of aryl methyl sites for hydroxylation is 1. The molecule has 1 aliphatic rings. The summed E-state index contributed by atoms with van der Waals surface area (Å²) in [6, 6.07) is -0.551. The minimum Gasteiger partial charge on any atom is -0.333 e. The van der Waals surface area contributed by atoms with Gasteiger partial charge in [0.15, 0.2) is 5.16 Å². The standard InChI is InChI=1S/C16H26N4O2S/c1-12-6-3-4-9-20(12)15(22)14(21)13(17)7-5-11-23-16-18-8-10-19(16)2/h8,10,12-13H,3-7,9,11,17H2,1-2H3/t12-,13?/m0/s1. The number of likely N-dealkylation sites (tertiary alicyclic amines) is 1. The van der Waals surface area contributed by atoms with E-state index < -0.39 is 17.7 Å². The summed E-state index contributed by atoms with van der Waals surface area (Å²) in [6.45, 7) is 2.67. The molecule has 1 saturated heterocycles. The third-order valence-electron chi connectivity index (χ3n) is 4.28. The molecule has 2 rings (SSSR count). The summed E-state index contributed by atoms with van der Waals surface area (Å²) < 4.78 is 1.96. The first-order chi connectivity index (χ1) is 11.0. The number of Topliss-reactive ketones (excluding diaryl/α,β-unsaturated/α-hetero) is 1. The number of hydrogen-bond donors (Lipinski definition) is 1. The van der Waals surface area contributed by atoms with Crippen LogP contribution in [0.3, 0.4) is 0 Å². The molecular weight excluding hydrogens is 312 g/mol. The van der Waals surface area contributed by atoms with Gasteiger partial charge in [0.25, 0.3) is 5.91 Å². The van der Waals surface area contributed by atoms with E-state index in [2.05, 4.69) is 4.98 Å². The van der Waals surface area contributed by atoms with Gasteiger partial charge in [0.05, 0.1) is 6.04 Å². The van der Waals surface area contributed by atoms with E-state index in [-0.39, 0.29) is 6.04 Å². The van der Waals surface area contributed by atoms with Crippen molar-refractivity contribution in [3.8, 4) is 0 Å². The quantitative estimate of drug-likeness (QED) is 0.464. The summed E-state index contributed by atoms with van der Waals surface area (Å²) in [4.78, 5) is 30.4. The highest BCUT2D eigenvalue weighted by Crippen LogP contribution is 2.18. The number of ketones is 1. The van der Waals surface area contributed by atoms with Crippen LogP contribution in [-0.2, 0) is 16.6 Å². The van der Waals surface area contributed by atoms with Crippen molar-refractivity contribution in [2.24, 2.45) is 12.8 Å². The van der Waals surface area contributed by atoms with E-state index in [9.17, 15) is 9.59 Å². The Morgan fingerprint density at radius 2 is 2.26 bits per heavy atom. The molecule has 0 aliphatic carbocycles. The smallest absolute Gasteiger partial charge is 0.291 e. The minimum absolute atomic E-state index is 0.145. The van der Waals surface area contributed by atoms with Gasteiger partial charge in [0.2, 0.25) is 5.78 Å². The minimum atomic E-state index is -0.696. The van der Waals surface area contributed by atoms with E-state index in [0.29, 0.717) is 13.0 Å². The van der Waals surface area contributed by atoms with Gasteiger partial charge in [0.1, 0.15) is 0 Å². The molecule has 1 unspecified atom stereocenters. The van der Waals surface area contributed by atoms with Crippen molar-refractivity contribution < 1.29 is 9.59 Å². The average Bonchev–Trinajstić information content (AvgIpc) is 2.95. The van der Waals surface area contributed by atoms with E-state index >= 15 is 0 Å². The Kier molecular flexibility index (Phi) is 6.65. The Bertz CT molecular complexity index is 546. The zero-order valence-corrected chi connectivity index (χ0v) is 14.7. The second-order valence-corrected chi connectivity index (χ2v) is 7.19. The number of hydrogen-bond acceptors (Lipinski definition) is 5. The van der Waals surface area contributed by atoms with Crippen molar-refractivity contribution in [1.29, 1.82) is 0 Å². The van der Waals surface area contributed by atoms with Gasteiger partial charge in [0, 0.05) is 37.8 Å². The van der Waals surface area contributed by atoms with Crippen molar-refractivity contribution in [3.63, 3.8) is 0 Å². The fourth-order valence-electron chi connectivity index (χ4n) is 2.79. The third kappa shape index (κ3) is 4.81. The molecule has 0 aromatic carbocycles. The molecule has 1 aliphatic heterocycles. The van der Waals surface area contributed by atoms with Crippen LogP contribution < -0.4 is 5.73 Å². The third-order valence-corrected chi connectivity index (χ3v) is 5.42. The highest BCUT2D eigenvalue weighted by atomic mass is 32.2. The number of rotatable bonds is 7. The van der Waals surface area contributed by atoms with Crippen LogP contribution in [0.5, 0.6) is 0 Å². The summed E-state index contributed by atoms with van der Waals surface area (Å²) in [7, 11) is 1.95. The van der Waals surface area contributed by atoms with E-state index in [4.69, 9.17) is 5.73 Å². The molecule has 1 fully saturated rings. The number of nitrogens with zero attached hydrogens (tertiary/aromatic N) is 3. The van der Waals surface area contributed by atoms with Crippen LogP contribution in [-0.4, -0.2) is 50.5 Å². The van der Waals surface area contributed by atoms with Gasteiger partial charge < -0.3 is 15.2 Å². The Hall–Kier alpha value is -1.34. The van der Waals surface area contributed by atoms with Crippen molar-refractivity contribution in [3.05, 3.63) is 12.4 Å². The molecule has 0 radical (unpaired) electrons. The number of piperidine rings is 1. The fourth-order valence-corrected chi connectivity index (χ4v) is 3.68. The normalized spacial score (nSPS) is 19.6. The Morgan fingerprint density at radius 3 is 2.91 bits per heavy atom. The maximum atomic E-state index is 12.3. The van der Waals surface area contributed by atoms with Crippen molar-refractivity contribution in [1.82, 2.24) is 14.5 Å². The fraction of sp³-hybridized carbons (Fsp3) is 0.688. The number of thioether (sulfide) groups is 1. The lowest BCUT2D eigenvalue weighted by Crippen LogP contribution is -2.50. The summed E-state index contributed by atoms with van der Waals surface area (Å²) >= 11 is 1.63. The Balaban J connectivity index is 1.73. The van der Waals surface area contributed by atoms with Gasteiger partial charge in [-0.1, -0.05) is 11.8 Å². The molecule has 6 nitrogen and oxygen atoms in total. The number of carbonyl (C=O) groups is 2. The average molecular weight is 338 g/mol. The summed E-state index contributed by atoms with van der Waals surface area (Å²) in [6.07, 6.45) is 8.03. The molecule has 1 aromatic heterocycles. The first kappa shape index (κ1) is 18.0. The molecule has 1 aromatic rings. The number of nitrogens with two attached hydrogens (primary N) is 1. The monoisotopic (exact) mass is 338 g/mol. The lowest BCUT2D eigenvalue weighted by Gasteiger charge is -2.33. The van der Waals surface area contributed by atoms with Gasteiger partial charge in [-0.2, -0.15) is 0 Å². The zero-order valence-electron chi connectivity index (χ0n) is 13.9. The predicted octanol–water partition coefficient (Wildman–Crippen LogP) is 1.59. The lowest BCUT2D eigenvalue weighted by atomic mass is 10.0. The van der Waals surface area contributed by atoms with Crippen LogP contribution >= 0.6 is 11.8 Å². The Morgan fingerprint density at radius 1 is 1.48 bits per heavy atom. The van der Waals surface area contributed by atoms with Gasteiger partial charge >= 0.3 is 0 Å². The SMILES string of the molecule is C[C@H]1CCCCN1C(=O)C(=O)C(N)CCCSc1nccn1C. The van der Waals surface area contributed by atoms with Gasteiger partial charge in [-0.25, -0.2) is 4.98 Å². The van der Waals surface area contributed by atoms with Crippen molar-refractivity contribution in [2.75, 3.05) is 12.3 Å². The molecule has 0 saturated carbocycles. The first-order valence-electron chi connectivity index (χ1n) is 8.21. The van der Waals surface area contributed by atoms with Crippen molar-refractivity contribution >= 4 is 23.5 Å². The molecule has 7 heteroatoms. The maximum Gasteiger partial charge on any atom is 0.291 e. The number of carbonyl (C=O) groups excluding carboxylic acids is 2. The molecule has 0 bridgehead atoms. The first-order valence-corrected chi connectivity index (χ1v) is 9.19. The molecule has 23 heavy (non-hydrogen) atoms. The van der Waals surface area contributed by atoms with Crippen molar-refractivity contribution in [2.45, 2.75) is 56.3 Å². The molecule has 2 heterocycles. The van der Waals surface area contributed by atoms with E-state index in [1.807, 2.05) is 24.7 Å². The number of imidazole rings is 1. The highest BCUT2D eigenvalue weighted by molar-refractivity contribution is 7.99. The largest absolute Gasteiger partial charge is 0.333 e. The van der Waals surface area contributed by atoms with Crippen LogP contribution in [0.2, 0.25) is 0 Å². The van der Waals surface area contributed by atoms with E-state index in [0.717, 1.165) is 36.6 Å². The summed E-state index contributed by atoms with van der Waals surface area (Å²) in [5.41, 5.74) is 5.93. The van der Waals surface area contributed by atoms with Gasteiger partial charge in [-0.05, 0) is 39.0 Å². The molecule has 2 atom stereocenters. The molecular formula is C16H26N4O2S. The van der Waals surface area contributed by atoms with Crippen LogP contribution in [0.15, 0.2) is 17.6 Å². The lowest BCUT2D eigenvalue weighted by molar-refractivity contribution is -0.147. The van der Waals surface area contributed by atoms with Crippen LogP contribution in [0.25, 0.3) is 0 Å². The Labute approximate surface area is 141 Å². The van der Waals surface area contributed by atoms with E-state index in [1.54, 1.807) is 22.9 Å². The van der Waals surface area contributed by atoms with E-state index in [1.165, 1.54) is 0 Å². The molecule has 1 amide bonds. The topological polar surface area (TPSA) is 81.2 Å². The highest BCUT2D eigenvalue weighted by Gasteiger charge is 2.30. The van der Waals surface area contributed by atoms with Crippen LogP contribution in [0.1, 0.15) is 39.0 Å². The predicted molar refractivity (Wildman–Crippen MR) is 91.2 cm³/mol. The molecule has 0 spiro atoms. The summed E-state index contributed by atoms with van der Waals surface area (Å²) in [5, 5.41) is 0.947. The zero-order chi connectivity index (χ0) is 16.8. The van der Waals surface area contributed by atoms with Crippen LogP contribution in [0.4, 0.5) is 0 Å². The second-order valence-electron chi connectivity index (χ2n) is 6.13. The molecule has 2 N–H and O–H groups in total. The second kappa shape index (κ2) is 8.49. The number of aromatic nitrogens is 2.